The van der Waals surface area contributed by atoms with E-state index in [-0.39, 0.29) is 0 Å². The summed E-state index contributed by atoms with van der Waals surface area (Å²) in [5.41, 5.74) is 1.22. The minimum Gasteiger partial charge on any atom is -0.383 e. The summed E-state index contributed by atoms with van der Waals surface area (Å²) in [6, 6.07) is 11.1. The van der Waals surface area contributed by atoms with Crippen molar-refractivity contribution in [3.8, 4) is 0 Å². The van der Waals surface area contributed by atoms with Crippen molar-refractivity contribution in [3.05, 3.63) is 30.3 Å². The summed E-state index contributed by atoms with van der Waals surface area (Å²) in [5, 5.41) is 5.04. The van der Waals surface area contributed by atoms with Crippen LogP contribution in [0.15, 0.2) is 30.3 Å². The molecule has 2 nitrogen and oxygen atoms in total. The summed E-state index contributed by atoms with van der Waals surface area (Å²) >= 11 is 2.11. The van der Waals surface area contributed by atoms with Crippen LogP contribution in [-0.2, 0) is 0 Å². The Hall–Kier alpha value is -0.670. The molecule has 0 radical (unpaired) electrons. The maximum absolute atomic E-state index is 3.52. The van der Waals surface area contributed by atoms with E-state index in [9.17, 15) is 0 Å². The molecule has 2 rings (SSSR count). The summed E-state index contributed by atoms with van der Waals surface area (Å²) < 4.78 is 0. The first kappa shape index (κ1) is 13.8. The highest BCUT2D eigenvalue weighted by Gasteiger charge is 2.25. The number of thioether (sulfide) groups is 1. The third-order valence-electron chi connectivity index (χ3n) is 3.45. The van der Waals surface area contributed by atoms with Crippen molar-refractivity contribution < 1.29 is 0 Å². The van der Waals surface area contributed by atoms with Crippen molar-refractivity contribution in [1.29, 1.82) is 0 Å². The highest BCUT2D eigenvalue weighted by Crippen LogP contribution is 2.25. The van der Waals surface area contributed by atoms with E-state index >= 15 is 0 Å². The summed E-state index contributed by atoms with van der Waals surface area (Å²) in [4.78, 5) is 2.61. The fourth-order valence-corrected chi connectivity index (χ4v) is 3.88. The molecule has 1 N–H and O–H groups in total. The average Bonchev–Trinajstić information content (AvgIpc) is 2.36. The van der Waals surface area contributed by atoms with Crippen LogP contribution in [0, 0.1) is 0 Å². The van der Waals surface area contributed by atoms with Gasteiger partial charge in [-0.25, -0.2) is 0 Å². The van der Waals surface area contributed by atoms with Crippen LogP contribution < -0.4 is 5.32 Å². The SMILES string of the molecule is CC1CN(C(C)CNc2ccccc2)CC(C)S1. The average molecular weight is 264 g/mol. The van der Waals surface area contributed by atoms with E-state index in [2.05, 4.69) is 73.1 Å². The molecule has 0 amide bonds. The Morgan fingerprint density at radius 2 is 1.83 bits per heavy atom. The Morgan fingerprint density at radius 3 is 2.44 bits per heavy atom. The second-order valence-corrected chi connectivity index (χ2v) is 7.19. The molecule has 1 saturated heterocycles. The number of rotatable bonds is 4. The van der Waals surface area contributed by atoms with Crippen molar-refractivity contribution in [1.82, 2.24) is 4.90 Å². The Bertz CT molecular complexity index is 345. The van der Waals surface area contributed by atoms with Gasteiger partial charge in [0.1, 0.15) is 0 Å². The van der Waals surface area contributed by atoms with Gasteiger partial charge in [0.15, 0.2) is 0 Å². The molecule has 18 heavy (non-hydrogen) atoms. The molecule has 0 aliphatic carbocycles. The maximum atomic E-state index is 3.52. The first-order valence-corrected chi connectivity index (χ1v) is 7.78. The molecule has 3 heteroatoms. The van der Waals surface area contributed by atoms with E-state index in [0.717, 1.165) is 17.0 Å². The number of anilines is 1. The fraction of sp³-hybridized carbons (Fsp3) is 0.600. The highest BCUT2D eigenvalue weighted by atomic mass is 32.2. The van der Waals surface area contributed by atoms with Crippen molar-refractivity contribution in [2.75, 3.05) is 25.0 Å². The first-order chi connectivity index (χ1) is 8.65. The van der Waals surface area contributed by atoms with Crippen LogP contribution in [0.1, 0.15) is 20.8 Å². The lowest BCUT2D eigenvalue weighted by molar-refractivity contribution is 0.214. The third kappa shape index (κ3) is 3.92. The summed E-state index contributed by atoms with van der Waals surface area (Å²) in [5.74, 6) is 0. The smallest absolute Gasteiger partial charge is 0.0340 e. The van der Waals surface area contributed by atoms with Gasteiger partial charge in [0.25, 0.3) is 0 Å². The molecular weight excluding hydrogens is 240 g/mol. The topological polar surface area (TPSA) is 15.3 Å². The van der Waals surface area contributed by atoms with Gasteiger partial charge in [0, 0.05) is 41.9 Å². The van der Waals surface area contributed by atoms with Gasteiger partial charge in [0.2, 0.25) is 0 Å². The second kappa shape index (κ2) is 6.48. The van der Waals surface area contributed by atoms with Gasteiger partial charge in [-0.05, 0) is 19.1 Å². The zero-order valence-corrected chi connectivity index (χ0v) is 12.4. The Balaban J connectivity index is 1.82. The van der Waals surface area contributed by atoms with Crippen molar-refractivity contribution in [2.24, 2.45) is 0 Å². The Labute approximate surface area is 115 Å². The molecule has 1 fully saturated rings. The summed E-state index contributed by atoms with van der Waals surface area (Å²) in [7, 11) is 0. The van der Waals surface area contributed by atoms with E-state index in [1.54, 1.807) is 0 Å². The van der Waals surface area contributed by atoms with Crippen molar-refractivity contribution >= 4 is 17.4 Å². The summed E-state index contributed by atoms with van der Waals surface area (Å²) in [6.07, 6.45) is 0. The normalized spacial score (nSPS) is 26.8. The standard InChI is InChI=1S/C15H24N2S/c1-12(9-16-15-7-5-4-6-8-15)17-10-13(2)18-14(3)11-17/h4-8,12-14,16H,9-11H2,1-3H3. The quantitative estimate of drug-likeness (QED) is 0.898. The van der Waals surface area contributed by atoms with Crippen LogP contribution >= 0.6 is 11.8 Å². The van der Waals surface area contributed by atoms with Crippen molar-refractivity contribution in [3.63, 3.8) is 0 Å². The second-order valence-electron chi connectivity index (χ2n) is 5.31. The molecule has 1 heterocycles. The van der Waals surface area contributed by atoms with Gasteiger partial charge in [-0.15, -0.1) is 0 Å². The van der Waals surface area contributed by atoms with Gasteiger partial charge in [-0.3, -0.25) is 4.90 Å². The lowest BCUT2D eigenvalue weighted by atomic mass is 10.2. The molecule has 1 aliphatic rings. The van der Waals surface area contributed by atoms with E-state index in [1.807, 2.05) is 0 Å². The molecule has 1 aliphatic heterocycles. The van der Waals surface area contributed by atoms with Crippen LogP contribution in [0.4, 0.5) is 5.69 Å². The van der Waals surface area contributed by atoms with Crippen LogP contribution in [-0.4, -0.2) is 41.1 Å². The van der Waals surface area contributed by atoms with E-state index in [1.165, 1.54) is 18.8 Å². The Kier molecular flexibility index (Phi) is 4.95. The number of hydrogen-bond acceptors (Lipinski definition) is 3. The number of nitrogens with one attached hydrogen (secondary N) is 1. The molecule has 3 atom stereocenters. The van der Waals surface area contributed by atoms with Gasteiger partial charge in [-0.2, -0.15) is 11.8 Å². The third-order valence-corrected chi connectivity index (χ3v) is 4.67. The molecule has 3 unspecified atom stereocenters. The van der Waals surface area contributed by atoms with E-state index < -0.39 is 0 Å². The number of benzene rings is 1. The number of hydrogen-bond donors (Lipinski definition) is 1. The zero-order chi connectivity index (χ0) is 13.0. The lowest BCUT2D eigenvalue weighted by Crippen LogP contribution is -2.47. The van der Waals surface area contributed by atoms with Crippen LogP contribution in [0.25, 0.3) is 0 Å². The molecule has 0 aromatic heterocycles. The monoisotopic (exact) mass is 264 g/mol. The fourth-order valence-electron chi connectivity index (χ4n) is 2.53. The maximum Gasteiger partial charge on any atom is 0.0340 e. The van der Waals surface area contributed by atoms with Gasteiger partial charge < -0.3 is 5.32 Å². The number of nitrogens with zero attached hydrogens (tertiary/aromatic N) is 1. The predicted octanol–water partition coefficient (Wildman–Crippen LogP) is 3.31. The lowest BCUT2D eigenvalue weighted by Gasteiger charge is -2.38. The number of para-hydroxylation sites is 1. The molecule has 1 aromatic carbocycles. The van der Waals surface area contributed by atoms with Gasteiger partial charge in [-0.1, -0.05) is 32.0 Å². The summed E-state index contributed by atoms with van der Waals surface area (Å²) in [6.45, 7) is 10.5. The van der Waals surface area contributed by atoms with Crippen molar-refractivity contribution in [2.45, 2.75) is 37.3 Å². The Morgan fingerprint density at radius 1 is 1.22 bits per heavy atom. The first-order valence-electron chi connectivity index (χ1n) is 6.83. The van der Waals surface area contributed by atoms with E-state index in [0.29, 0.717) is 6.04 Å². The predicted molar refractivity (Wildman–Crippen MR) is 82.5 cm³/mol. The zero-order valence-electron chi connectivity index (χ0n) is 11.6. The highest BCUT2D eigenvalue weighted by molar-refractivity contribution is 8.00. The molecular formula is C15H24N2S. The van der Waals surface area contributed by atoms with Gasteiger partial charge in [0.05, 0.1) is 0 Å². The molecule has 1 aromatic rings. The van der Waals surface area contributed by atoms with Crippen LogP contribution in [0.5, 0.6) is 0 Å². The minimum absolute atomic E-state index is 0.594. The van der Waals surface area contributed by atoms with Crippen LogP contribution in [0.3, 0.4) is 0 Å². The van der Waals surface area contributed by atoms with Crippen LogP contribution in [0.2, 0.25) is 0 Å². The molecule has 0 spiro atoms. The minimum atomic E-state index is 0.594. The molecule has 0 bridgehead atoms. The van der Waals surface area contributed by atoms with E-state index in [4.69, 9.17) is 0 Å². The van der Waals surface area contributed by atoms with Gasteiger partial charge >= 0.3 is 0 Å². The molecule has 100 valence electrons. The largest absolute Gasteiger partial charge is 0.383 e. The molecule has 0 saturated carbocycles.